The summed E-state index contributed by atoms with van der Waals surface area (Å²) >= 11 is 0. The Bertz CT molecular complexity index is 704. The van der Waals surface area contributed by atoms with Crippen LogP contribution in [0.4, 0.5) is 0 Å². The van der Waals surface area contributed by atoms with E-state index in [1.165, 1.54) is 7.05 Å². The van der Waals surface area contributed by atoms with Gasteiger partial charge in [-0.05, 0) is 34.1 Å². The molecule has 1 saturated heterocycles. The molecule has 1 aliphatic rings. The smallest absolute Gasteiger partial charge is 0.280 e. The van der Waals surface area contributed by atoms with E-state index in [4.69, 9.17) is 0 Å². The second-order valence-corrected chi connectivity index (χ2v) is 8.79. The molecule has 130 valence electrons. The van der Waals surface area contributed by atoms with Gasteiger partial charge in [0, 0.05) is 31.4 Å². The van der Waals surface area contributed by atoms with Gasteiger partial charge in [0.15, 0.2) is 0 Å². The third-order valence-electron chi connectivity index (χ3n) is 3.80. The van der Waals surface area contributed by atoms with E-state index in [-0.39, 0.29) is 5.91 Å². The molecule has 0 bridgehead atoms. The fraction of sp³-hybridized carbons (Fsp3) is 0.714. The van der Waals surface area contributed by atoms with Crippen molar-refractivity contribution in [1.29, 1.82) is 0 Å². The predicted octanol–water partition coefficient (Wildman–Crippen LogP) is 0.223. The third kappa shape index (κ3) is 3.91. The van der Waals surface area contributed by atoms with E-state index in [0.29, 0.717) is 6.42 Å². The van der Waals surface area contributed by atoms with Crippen LogP contribution in [-0.2, 0) is 22.1 Å². The lowest BCUT2D eigenvalue weighted by Gasteiger charge is -2.37. The predicted molar refractivity (Wildman–Crippen MR) is 86.8 cm³/mol. The minimum Gasteiger partial charge on any atom is -0.350 e. The summed E-state index contributed by atoms with van der Waals surface area (Å²) in [6.07, 6.45) is 2.14. The first kappa shape index (κ1) is 17.9. The van der Waals surface area contributed by atoms with Crippen LogP contribution in [0, 0.1) is 6.92 Å². The Morgan fingerprint density at radius 1 is 1.39 bits per heavy atom. The minimum absolute atomic E-state index is 0.295. The first-order valence-electron chi connectivity index (χ1n) is 7.48. The van der Waals surface area contributed by atoms with Crippen molar-refractivity contribution in [2.45, 2.75) is 51.7 Å². The fourth-order valence-electron chi connectivity index (χ4n) is 2.73. The molecule has 2 rings (SSSR count). The van der Waals surface area contributed by atoms with Crippen LogP contribution in [0.15, 0.2) is 6.20 Å². The SMILES string of the molecule is Cc1nn(C)cc1[C@@H]1C[C@H](C(=O)NC(C)(C)C)N(C)S(=O)(=O)N1. The molecular formula is C14H25N5O3S. The number of aromatic nitrogens is 2. The Labute approximate surface area is 137 Å². The quantitative estimate of drug-likeness (QED) is 0.803. The highest BCUT2D eigenvalue weighted by Gasteiger charge is 2.42. The Morgan fingerprint density at radius 2 is 2.00 bits per heavy atom. The number of rotatable bonds is 2. The lowest BCUT2D eigenvalue weighted by atomic mass is 9.99. The lowest BCUT2D eigenvalue weighted by molar-refractivity contribution is -0.126. The molecule has 1 aromatic heterocycles. The molecular weight excluding hydrogens is 318 g/mol. The van der Waals surface area contributed by atoms with Crippen molar-refractivity contribution >= 4 is 16.1 Å². The summed E-state index contributed by atoms with van der Waals surface area (Å²) in [4.78, 5) is 12.5. The van der Waals surface area contributed by atoms with Gasteiger partial charge in [-0.25, -0.2) is 0 Å². The van der Waals surface area contributed by atoms with E-state index < -0.39 is 27.8 Å². The van der Waals surface area contributed by atoms with Gasteiger partial charge in [-0.2, -0.15) is 22.5 Å². The largest absolute Gasteiger partial charge is 0.350 e. The maximum atomic E-state index is 12.5. The molecule has 0 saturated carbocycles. The van der Waals surface area contributed by atoms with Crippen molar-refractivity contribution in [3.63, 3.8) is 0 Å². The van der Waals surface area contributed by atoms with Gasteiger partial charge in [0.1, 0.15) is 6.04 Å². The molecule has 23 heavy (non-hydrogen) atoms. The zero-order valence-electron chi connectivity index (χ0n) is 14.4. The fourth-order valence-corrected chi connectivity index (χ4v) is 3.99. The molecule has 1 aromatic rings. The molecule has 9 heteroatoms. The molecule has 8 nitrogen and oxygen atoms in total. The summed E-state index contributed by atoms with van der Waals surface area (Å²) in [5, 5.41) is 7.11. The minimum atomic E-state index is -3.73. The van der Waals surface area contributed by atoms with Crippen LogP contribution in [-0.4, -0.2) is 47.0 Å². The lowest BCUT2D eigenvalue weighted by Crippen LogP contribution is -2.59. The molecule has 2 N–H and O–H groups in total. The van der Waals surface area contributed by atoms with Crippen LogP contribution in [0.3, 0.4) is 0 Å². The second-order valence-electron chi connectivity index (χ2n) is 7.03. The summed E-state index contributed by atoms with van der Waals surface area (Å²) in [5.74, 6) is -0.295. The van der Waals surface area contributed by atoms with Crippen LogP contribution in [0.25, 0.3) is 0 Å². The molecule has 1 amide bonds. The summed E-state index contributed by atoms with van der Waals surface area (Å²) in [6, 6.07) is -1.23. The van der Waals surface area contributed by atoms with E-state index in [0.717, 1.165) is 15.6 Å². The molecule has 1 aliphatic heterocycles. The maximum absolute atomic E-state index is 12.5. The van der Waals surface area contributed by atoms with Crippen LogP contribution in [0.5, 0.6) is 0 Å². The molecule has 0 radical (unpaired) electrons. The number of amides is 1. The van der Waals surface area contributed by atoms with Crippen LogP contribution >= 0.6 is 0 Å². The average Bonchev–Trinajstić information content (AvgIpc) is 2.69. The Morgan fingerprint density at radius 3 is 2.48 bits per heavy atom. The average molecular weight is 343 g/mol. The molecule has 0 spiro atoms. The number of carbonyl (C=O) groups excluding carboxylic acids is 1. The van der Waals surface area contributed by atoms with E-state index in [1.54, 1.807) is 17.9 Å². The van der Waals surface area contributed by atoms with Gasteiger partial charge in [-0.15, -0.1) is 0 Å². The molecule has 0 unspecified atom stereocenters. The van der Waals surface area contributed by atoms with Crippen molar-refractivity contribution < 1.29 is 13.2 Å². The number of carbonyl (C=O) groups is 1. The van der Waals surface area contributed by atoms with Crippen LogP contribution in [0.1, 0.15) is 44.5 Å². The maximum Gasteiger partial charge on any atom is 0.280 e. The van der Waals surface area contributed by atoms with E-state index in [9.17, 15) is 13.2 Å². The van der Waals surface area contributed by atoms with Gasteiger partial charge >= 0.3 is 0 Å². The van der Waals surface area contributed by atoms with Gasteiger partial charge in [0.25, 0.3) is 10.2 Å². The molecule has 2 atom stereocenters. The van der Waals surface area contributed by atoms with Crippen molar-refractivity contribution in [3.05, 3.63) is 17.5 Å². The van der Waals surface area contributed by atoms with Crippen LogP contribution < -0.4 is 10.0 Å². The standard InChI is InChI=1S/C14H25N5O3S/c1-9-10(8-18(5)16-9)11-7-12(13(20)15-14(2,3)4)19(6)23(21,22)17-11/h8,11-12,17H,7H2,1-6H3,(H,15,20)/t11-,12+/m0/s1. The van der Waals surface area contributed by atoms with E-state index >= 15 is 0 Å². The number of hydrogen-bond acceptors (Lipinski definition) is 4. The molecule has 1 fully saturated rings. The van der Waals surface area contributed by atoms with Gasteiger partial charge in [0.05, 0.1) is 11.7 Å². The monoisotopic (exact) mass is 343 g/mol. The number of hydrogen-bond donors (Lipinski definition) is 2. The van der Waals surface area contributed by atoms with Gasteiger partial charge in [0.2, 0.25) is 5.91 Å². The Balaban J connectivity index is 2.32. The molecule has 0 aromatic carbocycles. The molecule has 0 aliphatic carbocycles. The summed E-state index contributed by atoms with van der Waals surface area (Å²) in [5.41, 5.74) is 1.11. The topological polar surface area (TPSA) is 96.3 Å². The number of aryl methyl sites for hydroxylation is 2. The van der Waals surface area contributed by atoms with Gasteiger partial charge < -0.3 is 5.32 Å². The first-order valence-corrected chi connectivity index (χ1v) is 8.92. The highest BCUT2D eigenvalue weighted by Crippen LogP contribution is 2.29. The van der Waals surface area contributed by atoms with Crippen molar-refractivity contribution in [2.24, 2.45) is 7.05 Å². The molecule has 2 heterocycles. The first-order chi connectivity index (χ1) is 10.4. The van der Waals surface area contributed by atoms with Crippen molar-refractivity contribution in [2.75, 3.05) is 7.05 Å². The van der Waals surface area contributed by atoms with Gasteiger partial charge in [-0.3, -0.25) is 9.48 Å². The second kappa shape index (κ2) is 5.88. The van der Waals surface area contributed by atoms with Gasteiger partial charge in [-0.1, -0.05) is 0 Å². The van der Waals surface area contributed by atoms with E-state index in [2.05, 4.69) is 15.1 Å². The summed E-state index contributed by atoms with van der Waals surface area (Å²) in [7, 11) is -0.531. The third-order valence-corrected chi connectivity index (χ3v) is 5.39. The Hall–Kier alpha value is -1.45. The van der Waals surface area contributed by atoms with Crippen molar-refractivity contribution in [3.8, 4) is 0 Å². The normalized spacial score (nSPS) is 25.3. The van der Waals surface area contributed by atoms with Crippen LogP contribution in [0.2, 0.25) is 0 Å². The summed E-state index contributed by atoms with van der Waals surface area (Å²) in [6.45, 7) is 7.42. The number of likely N-dealkylation sites (N-methyl/N-ethyl adjacent to an activating group) is 1. The number of nitrogens with zero attached hydrogens (tertiary/aromatic N) is 3. The highest BCUT2D eigenvalue weighted by atomic mass is 32.2. The zero-order chi connectivity index (χ0) is 17.6. The van der Waals surface area contributed by atoms with E-state index in [1.807, 2.05) is 27.7 Å². The number of nitrogens with one attached hydrogen (secondary N) is 2. The Kier molecular flexibility index (Phi) is 4.57. The highest BCUT2D eigenvalue weighted by molar-refractivity contribution is 7.87. The summed E-state index contributed by atoms with van der Waals surface area (Å²) < 4.78 is 30.1. The zero-order valence-corrected chi connectivity index (χ0v) is 15.2. The van der Waals surface area contributed by atoms with Crippen molar-refractivity contribution in [1.82, 2.24) is 24.1 Å².